The molecule has 1 unspecified atom stereocenters. The molecule has 6 heteroatoms. The van der Waals surface area contributed by atoms with E-state index in [9.17, 15) is 4.79 Å². The quantitative estimate of drug-likeness (QED) is 0.828. The molecule has 0 aliphatic carbocycles. The van der Waals surface area contributed by atoms with Crippen molar-refractivity contribution in [2.24, 2.45) is 0 Å². The van der Waals surface area contributed by atoms with Crippen LogP contribution >= 0.6 is 15.9 Å². The smallest absolute Gasteiger partial charge is 0.283 e. The first-order valence-electron chi connectivity index (χ1n) is 7.16. The van der Waals surface area contributed by atoms with Crippen molar-refractivity contribution in [3.63, 3.8) is 0 Å². The van der Waals surface area contributed by atoms with E-state index in [4.69, 9.17) is 4.42 Å². The lowest BCUT2D eigenvalue weighted by atomic mass is 10.1. The van der Waals surface area contributed by atoms with Gasteiger partial charge in [0.2, 0.25) is 0 Å². The minimum atomic E-state index is -0.0971. The Morgan fingerprint density at radius 2 is 2.33 bits per heavy atom. The van der Waals surface area contributed by atoms with Gasteiger partial charge in [-0.15, -0.1) is 0 Å². The largest absolute Gasteiger partial charge is 0.469 e. The van der Waals surface area contributed by atoms with Gasteiger partial charge in [0.1, 0.15) is 10.2 Å². The molecule has 0 bridgehead atoms. The van der Waals surface area contributed by atoms with E-state index in [1.54, 1.807) is 12.5 Å². The van der Waals surface area contributed by atoms with E-state index >= 15 is 0 Å². The van der Waals surface area contributed by atoms with Crippen LogP contribution in [0.3, 0.4) is 0 Å². The van der Waals surface area contributed by atoms with Gasteiger partial charge in [-0.05, 0) is 47.8 Å². The summed E-state index contributed by atoms with van der Waals surface area (Å²) in [5, 5.41) is 7.50. The molecule has 2 rings (SSSR count). The maximum absolute atomic E-state index is 12.1. The first kappa shape index (κ1) is 15.8. The number of hydrogen-bond acceptors (Lipinski definition) is 4. The number of anilines is 1. The Bertz CT molecular complexity index is 622. The van der Waals surface area contributed by atoms with Crippen LogP contribution in [0.25, 0.3) is 0 Å². The highest BCUT2D eigenvalue weighted by Crippen LogP contribution is 2.18. The van der Waals surface area contributed by atoms with Gasteiger partial charge < -0.3 is 9.73 Å². The Hall–Kier alpha value is -1.56. The SMILES string of the molecule is CCCn1ncc(NC(C)CCc2ccco2)c(Br)c1=O. The van der Waals surface area contributed by atoms with E-state index in [-0.39, 0.29) is 11.6 Å². The molecule has 21 heavy (non-hydrogen) atoms. The summed E-state index contributed by atoms with van der Waals surface area (Å²) in [6, 6.07) is 4.08. The van der Waals surface area contributed by atoms with Crippen LogP contribution in [0.1, 0.15) is 32.4 Å². The lowest BCUT2D eigenvalue weighted by Gasteiger charge is -2.16. The zero-order valence-electron chi connectivity index (χ0n) is 12.3. The Balaban J connectivity index is 1.98. The summed E-state index contributed by atoms with van der Waals surface area (Å²) < 4.78 is 7.33. The number of halogens is 1. The third kappa shape index (κ3) is 4.20. The van der Waals surface area contributed by atoms with Crippen LogP contribution in [-0.4, -0.2) is 15.8 Å². The first-order valence-corrected chi connectivity index (χ1v) is 7.95. The standard InChI is InChI=1S/C15H20BrN3O2/c1-3-8-19-15(20)14(16)13(10-17-19)18-11(2)6-7-12-5-4-9-21-12/h4-5,9-11,18H,3,6-8H2,1-2H3. The number of nitrogens with one attached hydrogen (secondary N) is 1. The van der Waals surface area contributed by atoms with Gasteiger partial charge in [0.25, 0.3) is 5.56 Å². The highest BCUT2D eigenvalue weighted by atomic mass is 79.9. The molecule has 1 atom stereocenters. The van der Waals surface area contributed by atoms with Gasteiger partial charge in [-0.3, -0.25) is 4.79 Å². The average Bonchev–Trinajstić information content (AvgIpc) is 2.98. The molecule has 5 nitrogen and oxygen atoms in total. The average molecular weight is 354 g/mol. The monoisotopic (exact) mass is 353 g/mol. The molecule has 0 spiro atoms. The van der Waals surface area contributed by atoms with Crippen LogP contribution in [0.15, 0.2) is 38.3 Å². The maximum atomic E-state index is 12.1. The Kier molecular flexibility index (Phi) is 5.61. The van der Waals surface area contributed by atoms with Crippen molar-refractivity contribution in [3.05, 3.63) is 45.2 Å². The molecule has 2 heterocycles. The number of aryl methyl sites for hydroxylation is 2. The molecule has 0 aromatic carbocycles. The van der Waals surface area contributed by atoms with Crippen LogP contribution in [0, 0.1) is 0 Å². The molecule has 0 aliphatic rings. The summed E-state index contributed by atoms with van der Waals surface area (Å²) >= 11 is 3.37. The van der Waals surface area contributed by atoms with Crippen LogP contribution in [0.2, 0.25) is 0 Å². The van der Waals surface area contributed by atoms with Gasteiger partial charge in [-0.2, -0.15) is 5.10 Å². The highest BCUT2D eigenvalue weighted by Gasteiger charge is 2.11. The summed E-state index contributed by atoms with van der Waals surface area (Å²) in [5.41, 5.74) is 0.638. The number of rotatable bonds is 7. The van der Waals surface area contributed by atoms with Gasteiger partial charge in [0.15, 0.2) is 0 Å². The zero-order chi connectivity index (χ0) is 15.2. The second-order valence-corrected chi connectivity index (χ2v) is 5.86. The molecule has 2 aromatic rings. The Morgan fingerprint density at radius 1 is 1.52 bits per heavy atom. The van der Waals surface area contributed by atoms with E-state index < -0.39 is 0 Å². The number of aromatic nitrogens is 2. The molecule has 0 radical (unpaired) electrons. The van der Waals surface area contributed by atoms with Crippen molar-refractivity contribution in [2.45, 2.75) is 45.7 Å². The van der Waals surface area contributed by atoms with Crippen molar-refractivity contribution >= 4 is 21.6 Å². The van der Waals surface area contributed by atoms with Crippen molar-refractivity contribution in [1.82, 2.24) is 9.78 Å². The van der Waals surface area contributed by atoms with Gasteiger partial charge in [-0.25, -0.2) is 4.68 Å². The molecule has 0 saturated heterocycles. The molecular formula is C15H20BrN3O2. The van der Waals surface area contributed by atoms with E-state index in [1.807, 2.05) is 19.1 Å². The van der Waals surface area contributed by atoms with Gasteiger partial charge in [0, 0.05) is 19.0 Å². The van der Waals surface area contributed by atoms with Gasteiger partial charge in [0.05, 0.1) is 18.1 Å². The lowest BCUT2D eigenvalue weighted by Crippen LogP contribution is -2.26. The van der Waals surface area contributed by atoms with Crippen LogP contribution in [0.5, 0.6) is 0 Å². The normalized spacial score (nSPS) is 12.3. The first-order chi connectivity index (χ1) is 10.1. The molecule has 0 aliphatic heterocycles. The molecule has 0 amide bonds. The van der Waals surface area contributed by atoms with E-state index in [0.717, 1.165) is 30.7 Å². The molecule has 0 fully saturated rings. The van der Waals surface area contributed by atoms with Crippen molar-refractivity contribution in [1.29, 1.82) is 0 Å². The fraction of sp³-hybridized carbons (Fsp3) is 0.467. The minimum Gasteiger partial charge on any atom is -0.469 e. The molecule has 2 aromatic heterocycles. The second-order valence-electron chi connectivity index (χ2n) is 5.06. The zero-order valence-corrected chi connectivity index (χ0v) is 13.9. The lowest BCUT2D eigenvalue weighted by molar-refractivity contribution is 0.494. The summed E-state index contributed by atoms with van der Waals surface area (Å²) in [4.78, 5) is 12.1. The van der Waals surface area contributed by atoms with Gasteiger partial charge in [-0.1, -0.05) is 6.92 Å². The fourth-order valence-electron chi connectivity index (χ4n) is 2.09. The minimum absolute atomic E-state index is 0.0971. The number of furan rings is 1. The van der Waals surface area contributed by atoms with Crippen molar-refractivity contribution in [3.8, 4) is 0 Å². The summed E-state index contributed by atoms with van der Waals surface area (Å²) in [6.45, 7) is 4.73. The number of hydrogen-bond donors (Lipinski definition) is 1. The van der Waals surface area contributed by atoms with Crippen LogP contribution in [0.4, 0.5) is 5.69 Å². The predicted molar refractivity (Wildman–Crippen MR) is 86.6 cm³/mol. The molecule has 0 saturated carbocycles. The Labute approximate surface area is 132 Å². The summed E-state index contributed by atoms with van der Waals surface area (Å²) in [5.74, 6) is 0.971. The molecular weight excluding hydrogens is 334 g/mol. The molecule has 1 N–H and O–H groups in total. The van der Waals surface area contributed by atoms with Crippen molar-refractivity contribution < 1.29 is 4.42 Å². The van der Waals surface area contributed by atoms with Crippen molar-refractivity contribution in [2.75, 3.05) is 5.32 Å². The predicted octanol–water partition coefficient (Wildman–Crippen LogP) is 3.44. The van der Waals surface area contributed by atoms with Gasteiger partial charge >= 0.3 is 0 Å². The fourth-order valence-corrected chi connectivity index (χ4v) is 2.51. The van der Waals surface area contributed by atoms with E-state index in [1.165, 1.54) is 4.68 Å². The third-order valence-corrected chi connectivity index (χ3v) is 3.99. The topological polar surface area (TPSA) is 60.1 Å². The summed E-state index contributed by atoms with van der Waals surface area (Å²) in [6.07, 6.45) is 6.04. The second kappa shape index (κ2) is 7.45. The van der Waals surface area contributed by atoms with E-state index in [0.29, 0.717) is 11.0 Å². The molecule has 114 valence electrons. The Morgan fingerprint density at radius 3 is 3.00 bits per heavy atom. The maximum Gasteiger partial charge on any atom is 0.283 e. The van der Waals surface area contributed by atoms with Crippen LogP contribution < -0.4 is 10.9 Å². The number of nitrogens with zero attached hydrogens (tertiary/aromatic N) is 2. The summed E-state index contributed by atoms with van der Waals surface area (Å²) in [7, 11) is 0. The highest BCUT2D eigenvalue weighted by molar-refractivity contribution is 9.10. The van der Waals surface area contributed by atoms with E-state index in [2.05, 4.69) is 33.3 Å². The third-order valence-electron chi connectivity index (χ3n) is 3.23. The van der Waals surface area contributed by atoms with Crippen LogP contribution in [-0.2, 0) is 13.0 Å².